The molecule has 0 saturated carbocycles. The Morgan fingerprint density at radius 1 is 1.62 bits per heavy atom. The molecule has 1 saturated heterocycles. The molecule has 1 aliphatic rings. The van der Waals surface area contributed by atoms with Crippen LogP contribution in [0.1, 0.15) is 29.0 Å². The first kappa shape index (κ1) is 11.1. The van der Waals surface area contributed by atoms with Crippen LogP contribution in [0.25, 0.3) is 0 Å². The van der Waals surface area contributed by atoms with Crippen molar-refractivity contribution >= 4 is 5.97 Å². The Morgan fingerprint density at radius 2 is 2.31 bits per heavy atom. The summed E-state index contributed by atoms with van der Waals surface area (Å²) in [5.41, 5.74) is 0.207. The second-order valence-corrected chi connectivity index (χ2v) is 4.42. The van der Waals surface area contributed by atoms with Gasteiger partial charge in [-0.25, -0.2) is 4.79 Å². The Labute approximate surface area is 94.0 Å². The molecule has 0 bridgehead atoms. The van der Waals surface area contributed by atoms with Crippen LogP contribution < -0.4 is 0 Å². The highest BCUT2D eigenvalue weighted by Crippen LogP contribution is 2.22. The molecule has 1 aliphatic heterocycles. The van der Waals surface area contributed by atoms with Crippen molar-refractivity contribution in [2.75, 3.05) is 20.1 Å². The predicted molar refractivity (Wildman–Crippen MR) is 57.4 cm³/mol. The molecule has 2 rings (SSSR count). The second-order valence-electron chi connectivity index (χ2n) is 4.42. The van der Waals surface area contributed by atoms with Crippen LogP contribution in [0.15, 0.2) is 10.7 Å². The van der Waals surface area contributed by atoms with Gasteiger partial charge in [-0.05, 0) is 38.9 Å². The third-order valence-corrected chi connectivity index (χ3v) is 3.19. The molecule has 0 radical (unpaired) electrons. The zero-order chi connectivity index (χ0) is 11.5. The smallest absolute Gasteiger partial charge is 0.340 e. The molecule has 0 aromatic carbocycles. The fraction of sp³-hybridized carbons (Fsp3) is 0.636. The predicted octanol–water partition coefficient (Wildman–Crippen LogP) is 1.26. The van der Waals surface area contributed by atoms with Crippen molar-refractivity contribution in [2.45, 2.75) is 19.3 Å². The van der Waals surface area contributed by atoms with Gasteiger partial charge in [0, 0.05) is 6.42 Å². The number of piperidine rings is 1. The maximum Gasteiger partial charge on any atom is 0.340 e. The van der Waals surface area contributed by atoms with Gasteiger partial charge in [-0.3, -0.25) is 0 Å². The highest BCUT2D eigenvalue weighted by Gasteiger charge is 2.22. The Hall–Kier alpha value is -1.36. The van der Waals surface area contributed by atoms with Gasteiger partial charge in [-0.1, -0.05) is 5.16 Å². The normalized spacial score (nSPS) is 18.8. The van der Waals surface area contributed by atoms with E-state index in [1.807, 2.05) is 0 Å². The van der Waals surface area contributed by atoms with E-state index in [0.717, 1.165) is 25.9 Å². The summed E-state index contributed by atoms with van der Waals surface area (Å²) in [7, 11) is 2.10. The van der Waals surface area contributed by atoms with E-state index in [2.05, 4.69) is 17.1 Å². The molecule has 0 spiro atoms. The molecule has 1 aromatic rings. The summed E-state index contributed by atoms with van der Waals surface area (Å²) in [6.07, 6.45) is 4.16. The van der Waals surface area contributed by atoms with E-state index >= 15 is 0 Å². The van der Waals surface area contributed by atoms with E-state index < -0.39 is 5.97 Å². The summed E-state index contributed by atoms with van der Waals surface area (Å²) >= 11 is 0. The molecule has 1 aromatic heterocycles. The molecule has 88 valence electrons. The highest BCUT2D eigenvalue weighted by molar-refractivity contribution is 5.88. The lowest BCUT2D eigenvalue weighted by molar-refractivity contribution is 0.0693. The number of carboxylic acid groups (broad SMARTS) is 1. The molecule has 0 atom stereocenters. The Kier molecular flexibility index (Phi) is 3.24. The number of likely N-dealkylation sites (tertiary alicyclic amines) is 1. The minimum atomic E-state index is -0.954. The number of nitrogens with zero attached hydrogens (tertiary/aromatic N) is 2. The fourth-order valence-corrected chi connectivity index (χ4v) is 2.11. The summed E-state index contributed by atoms with van der Waals surface area (Å²) in [5, 5.41) is 12.5. The third-order valence-electron chi connectivity index (χ3n) is 3.19. The van der Waals surface area contributed by atoms with Crippen LogP contribution in [-0.4, -0.2) is 41.3 Å². The minimum absolute atomic E-state index is 0.207. The molecule has 5 nitrogen and oxygen atoms in total. The van der Waals surface area contributed by atoms with Gasteiger partial charge in [0.25, 0.3) is 0 Å². The molecule has 1 fully saturated rings. The molecule has 0 amide bonds. The van der Waals surface area contributed by atoms with Gasteiger partial charge in [0.15, 0.2) is 5.76 Å². The molecular weight excluding hydrogens is 208 g/mol. The van der Waals surface area contributed by atoms with Gasteiger partial charge >= 0.3 is 5.97 Å². The number of aromatic nitrogens is 1. The Balaban J connectivity index is 1.98. The lowest BCUT2D eigenvalue weighted by Crippen LogP contribution is -2.31. The maximum atomic E-state index is 10.9. The van der Waals surface area contributed by atoms with Crippen LogP contribution in [0.3, 0.4) is 0 Å². The van der Waals surface area contributed by atoms with Crippen molar-refractivity contribution in [2.24, 2.45) is 5.92 Å². The van der Waals surface area contributed by atoms with Crippen molar-refractivity contribution < 1.29 is 14.4 Å². The summed E-state index contributed by atoms with van der Waals surface area (Å²) < 4.78 is 5.01. The van der Waals surface area contributed by atoms with Crippen LogP contribution in [0.5, 0.6) is 0 Å². The number of carbonyl (C=O) groups is 1. The number of aromatic carboxylic acids is 1. The monoisotopic (exact) mass is 224 g/mol. The Bertz CT molecular complexity index is 367. The number of hydrogen-bond donors (Lipinski definition) is 1. The first-order valence-corrected chi connectivity index (χ1v) is 5.52. The van der Waals surface area contributed by atoms with E-state index in [0.29, 0.717) is 18.1 Å². The SMILES string of the molecule is CN1CCC(Cc2oncc2C(=O)O)CC1. The van der Waals surface area contributed by atoms with Crippen molar-refractivity contribution in [1.82, 2.24) is 10.1 Å². The summed E-state index contributed by atoms with van der Waals surface area (Å²) in [6.45, 7) is 2.14. The largest absolute Gasteiger partial charge is 0.478 e. The zero-order valence-electron chi connectivity index (χ0n) is 9.35. The zero-order valence-corrected chi connectivity index (χ0v) is 9.35. The quantitative estimate of drug-likeness (QED) is 0.837. The van der Waals surface area contributed by atoms with Crippen LogP contribution in [-0.2, 0) is 6.42 Å². The number of hydrogen-bond acceptors (Lipinski definition) is 4. The van der Waals surface area contributed by atoms with E-state index in [4.69, 9.17) is 9.63 Å². The maximum absolute atomic E-state index is 10.9. The lowest BCUT2D eigenvalue weighted by atomic mass is 9.92. The van der Waals surface area contributed by atoms with Crippen LogP contribution in [0.2, 0.25) is 0 Å². The number of rotatable bonds is 3. The van der Waals surface area contributed by atoms with Crippen molar-refractivity contribution in [3.05, 3.63) is 17.5 Å². The van der Waals surface area contributed by atoms with E-state index in [9.17, 15) is 4.79 Å². The van der Waals surface area contributed by atoms with Crippen LogP contribution in [0, 0.1) is 5.92 Å². The standard InChI is InChI=1S/C11H16N2O3/c1-13-4-2-8(3-5-13)6-10-9(11(14)15)7-12-16-10/h7-8H,2-6H2,1H3,(H,14,15). The second kappa shape index (κ2) is 4.65. The topological polar surface area (TPSA) is 66.6 Å². The van der Waals surface area contributed by atoms with Crippen LogP contribution >= 0.6 is 0 Å². The molecular formula is C11H16N2O3. The van der Waals surface area contributed by atoms with Gasteiger partial charge in [0.2, 0.25) is 0 Å². The van der Waals surface area contributed by atoms with Gasteiger partial charge < -0.3 is 14.5 Å². The fourth-order valence-electron chi connectivity index (χ4n) is 2.11. The molecule has 2 heterocycles. The molecule has 16 heavy (non-hydrogen) atoms. The first-order chi connectivity index (χ1) is 7.66. The van der Waals surface area contributed by atoms with E-state index in [1.165, 1.54) is 6.20 Å². The van der Waals surface area contributed by atoms with Gasteiger partial charge in [0.1, 0.15) is 5.56 Å². The van der Waals surface area contributed by atoms with Crippen molar-refractivity contribution in [3.63, 3.8) is 0 Å². The summed E-state index contributed by atoms with van der Waals surface area (Å²) in [6, 6.07) is 0. The van der Waals surface area contributed by atoms with Crippen LogP contribution in [0.4, 0.5) is 0 Å². The van der Waals surface area contributed by atoms with Gasteiger partial charge in [0.05, 0.1) is 6.20 Å². The average molecular weight is 224 g/mol. The number of carboxylic acids is 1. The lowest BCUT2D eigenvalue weighted by Gasteiger charge is -2.28. The van der Waals surface area contributed by atoms with Gasteiger partial charge in [-0.2, -0.15) is 0 Å². The van der Waals surface area contributed by atoms with Crippen molar-refractivity contribution in [3.8, 4) is 0 Å². The molecule has 0 aliphatic carbocycles. The molecule has 0 unspecified atom stereocenters. The average Bonchev–Trinajstić information content (AvgIpc) is 2.69. The molecule has 1 N–H and O–H groups in total. The van der Waals surface area contributed by atoms with Crippen molar-refractivity contribution in [1.29, 1.82) is 0 Å². The van der Waals surface area contributed by atoms with E-state index in [-0.39, 0.29) is 5.56 Å². The highest BCUT2D eigenvalue weighted by atomic mass is 16.5. The first-order valence-electron chi connectivity index (χ1n) is 5.52. The molecule has 5 heteroatoms. The Morgan fingerprint density at radius 3 is 2.94 bits per heavy atom. The third kappa shape index (κ3) is 2.41. The minimum Gasteiger partial charge on any atom is -0.478 e. The van der Waals surface area contributed by atoms with E-state index in [1.54, 1.807) is 0 Å². The summed E-state index contributed by atoms with van der Waals surface area (Å²) in [4.78, 5) is 13.2. The van der Waals surface area contributed by atoms with Gasteiger partial charge in [-0.15, -0.1) is 0 Å². The summed E-state index contributed by atoms with van der Waals surface area (Å²) in [5.74, 6) is 0.0773.